The largest absolute Gasteiger partial charge is 0.381 e. The van der Waals surface area contributed by atoms with Crippen LogP contribution in [0, 0.1) is 5.82 Å². The highest BCUT2D eigenvalue weighted by Crippen LogP contribution is 2.23. The van der Waals surface area contributed by atoms with Gasteiger partial charge in [0.25, 0.3) is 0 Å². The molecule has 0 fully saturated rings. The summed E-state index contributed by atoms with van der Waals surface area (Å²) in [7, 11) is 0. The molecule has 0 atom stereocenters. The van der Waals surface area contributed by atoms with Gasteiger partial charge in [0.05, 0.1) is 0 Å². The first-order valence-corrected chi connectivity index (χ1v) is 6.83. The molecule has 2 heteroatoms. The monoisotopic (exact) mass is 257 g/mol. The van der Waals surface area contributed by atoms with E-state index in [1.165, 1.54) is 22.9 Å². The molecule has 19 heavy (non-hydrogen) atoms. The highest BCUT2D eigenvalue weighted by Gasteiger charge is 2.05. The van der Waals surface area contributed by atoms with Gasteiger partial charge in [-0.15, -0.1) is 0 Å². The summed E-state index contributed by atoms with van der Waals surface area (Å²) in [6.45, 7) is 4.96. The van der Waals surface area contributed by atoms with Crippen LogP contribution in [0.2, 0.25) is 0 Å². The summed E-state index contributed by atoms with van der Waals surface area (Å²) in [5, 5.41) is 3.46. The molecule has 0 heterocycles. The third-order valence-corrected chi connectivity index (χ3v) is 3.36. The second kappa shape index (κ2) is 6.37. The molecule has 0 bridgehead atoms. The van der Waals surface area contributed by atoms with Crippen molar-refractivity contribution in [2.24, 2.45) is 0 Å². The van der Waals surface area contributed by atoms with Gasteiger partial charge in [-0.3, -0.25) is 0 Å². The quantitative estimate of drug-likeness (QED) is 0.827. The molecule has 0 spiro atoms. The zero-order valence-corrected chi connectivity index (χ0v) is 11.5. The molecule has 0 aromatic heterocycles. The number of halogens is 1. The van der Waals surface area contributed by atoms with Crippen molar-refractivity contribution in [2.45, 2.75) is 33.2 Å². The zero-order valence-electron chi connectivity index (χ0n) is 11.5. The van der Waals surface area contributed by atoms with E-state index in [1.54, 1.807) is 12.1 Å². The van der Waals surface area contributed by atoms with Crippen molar-refractivity contribution in [3.05, 3.63) is 65.0 Å². The van der Waals surface area contributed by atoms with E-state index < -0.39 is 0 Å². The lowest BCUT2D eigenvalue weighted by Gasteiger charge is -2.15. The van der Waals surface area contributed by atoms with Crippen molar-refractivity contribution in [3.63, 3.8) is 0 Å². The van der Waals surface area contributed by atoms with Crippen LogP contribution in [0.5, 0.6) is 0 Å². The van der Waals surface area contributed by atoms with Gasteiger partial charge >= 0.3 is 0 Å². The third-order valence-electron chi connectivity index (χ3n) is 3.36. The molecule has 0 aliphatic rings. The molecule has 2 aromatic carbocycles. The van der Waals surface area contributed by atoms with E-state index in [1.807, 2.05) is 6.07 Å². The minimum atomic E-state index is -0.182. The van der Waals surface area contributed by atoms with Crippen LogP contribution >= 0.6 is 0 Å². The van der Waals surface area contributed by atoms with Crippen molar-refractivity contribution in [2.75, 3.05) is 5.32 Å². The molecule has 0 aliphatic heterocycles. The predicted molar refractivity (Wildman–Crippen MR) is 78.9 cm³/mol. The van der Waals surface area contributed by atoms with Gasteiger partial charge < -0.3 is 5.32 Å². The second-order valence-electron chi connectivity index (χ2n) is 4.64. The molecule has 0 radical (unpaired) electrons. The normalized spacial score (nSPS) is 10.5. The maximum absolute atomic E-state index is 13.2. The van der Waals surface area contributed by atoms with Gasteiger partial charge in [-0.1, -0.05) is 44.2 Å². The van der Waals surface area contributed by atoms with E-state index in [0.717, 1.165) is 18.4 Å². The number of para-hydroxylation sites is 1. The molecule has 0 aliphatic carbocycles. The summed E-state index contributed by atoms with van der Waals surface area (Å²) < 4.78 is 13.2. The number of hydrogen-bond donors (Lipinski definition) is 1. The van der Waals surface area contributed by atoms with Gasteiger partial charge in [0.1, 0.15) is 5.82 Å². The summed E-state index contributed by atoms with van der Waals surface area (Å²) in [6.07, 6.45) is 2.00. The fraction of sp³-hybridized carbons (Fsp3) is 0.294. The van der Waals surface area contributed by atoms with E-state index in [4.69, 9.17) is 0 Å². The van der Waals surface area contributed by atoms with Crippen LogP contribution in [0.3, 0.4) is 0 Å². The van der Waals surface area contributed by atoms with Gasteiger partial charge in [-0.2, -0.15) is 0 Å². The van der Waals surface area contributed by atoms with E-state index in [2.05, 4.69) is 37.4 Å². The van der Waals surface area contributed by atoms with Crippen molar-refractivity contribution in [1.82, 2.24) is 0 Å². The van der Waals surface area contributed by atoms with Gasteiger partial charge in [0, 0.05) is 12.2 Å². The number of benzene rings is 2. The molecule has 0 saturated carbocycles. The van der Waals surface area contributed by atoms with Gasteiger partial charge in [-0.05, 0) is 41.7 Å². The molecular formula is C17H20FN. The zero-order chi connectivity index (χ0) is 13.7. The van der Waals surface area contributed by atoms with Crippen LogP contribution in [0.1, 0.15) is 30.5 Å². The summed E-state index contributed by atoms with van der Waals surface area (Å²) >= 11 is 0. The molecule has 2 rings (SSSR count). The summed E-state index contributed by atoms with van der Waals surface area (Å²) in [5.74, 6) is -0.182. The number of nitrogens with one attached hydrogen (secondary N) is 1. The lowest BCUT2D eigenvalue weighted by molar-refractivity contribution is 0.626. The topological polar surface area (TPSA) is 12.0 Å². The van der Waals surface area contributed by atoms with Crippen LogP contribution in [0.4, 0.5) is 10.1 Å². The summed E-state index contributed by atoms with van der Waals surface area (Å²) in [5.41, 5.74) is 4.80. The summed E-state index contributed by atoms with van der Waals surface area (Å²) in [4.78, 5) is 0. The van der Waals surface area contributed by atoms with Crippen molar-refractivity contribution in [3.8, 4) is 0 Å². The fourth-order valence-corrected chi connectivity index (χ4v) is 2.31. The Balaban J connectivity index is 2.19. The number of aryl methyl sites for hydroxylation is 2. The van der Waals surface area contributed by atoms with Crippen LogP contribution in [-0.2, 0) is 19.4 Å². The second-order valence-corrected chi connectivity index (χ2v) is 4.64. The van der Waals surface area contributed by atoms with Crippen molar-refractivity contribution < 1.29 is 4.39 Å². The minimum absolute atomic E-state index is 0.182. The van der Waals surface area contributed by atoms with Crippen LogP contribution in [0.15, 0.2) is 42.5 Å². The van der Waals surface area contributed by atoms with E-state index in [9.17, 15) is 4.39 Å². The van der Waals surface area contributed by atoms with Crippen LogP contribution in [-0.4, -0.2) is 0 Å². The molecule has 2 aromatic rings. The molecule has 0 saturated heterocycles. The SMILES string of the molecule is CCc1cccc(CC)c1NCc1cccc(F)c1. The van der Waals surface area contributed by atoms with Gasteiger partial charge in [0.2, 0.25) is 0 Å². The van der Waals surface area contributed by atoms with Gasteiger partial charge in [0.15, 0.2) is 0 Å². The molecule has 100 valence electrons. The number of hydrogen-bond acceptors (Lipinski definition) is 1. The molecule has 1 N–H and O–H groups in total. The van der Waals surface area contributed by atoms with Crippen molar-refractivity contribution >= 4 is 5.69 Å². The highest BCUT2D eigenvalue weighted by molar-refractivity contribution is 5.58. The summed E-state index contributed by atoms with van der Waals surface area (Å²) in [6, 6.07) is 13.1. The first kappa shape index (κ1) is 13.6. The average Bonchev–Trinajstić information content (AvgIpc) is 2.44. The smallest absolute Gasteiger partial charge is 0.123 e. The Morgan fingerprint density at radius 1 is 0.947 bits per heavy atom. The van der Waals surface area contributed by atoms with Crippen LogP contribution < -0.4 is 5.32 Å². The van der Waals surface area contributed by atoms with Crippen LogP contribution in [0.25, 0.3) is 0 Å². The minimum Gasteiger partial charge on any atom is -0.381 e. The number of anilines is 1. The van der Waals surface area contributed by atoms with E-state index in [-0.39, 0.29) is 5.82 Å². The Kier molecular flexibility index (Phi) is 4.56. The first-order chi connectivity index (χ1) is 9.24. The Bertz CT molecular complexity index is 526. The van der Waals surface area contributed by atoms with Gasteiger partial charge in [-0.25, -0.2) is 4.39 Å². The van der Waals surface area contributed by atoms with E-state index >= 15 is 0 Å². The molecule has 1 nitrogen and oxygen atoms in total. The lowest BCUT2D eigenvalue weighted by atomic mass is 10.0. The Labute approximate surface area is 114 Å². The maximum Gasteiger partial charge on any atom is 0.123 e. The standard InChI is InChI=1S/C17H20FN/c1-3-14-8-6-9-15(4-2)17(14)19-12-13-7-5-10-16(18)11-13/h5-11,19H,3-4,12H2,1-2H3. The Morgan fingerprint density at radius 3 is 2.16 bits per heavy atom. The predicted octanol–water partition coefficient (Wildman–Crippen LogP) is 4.56. The average molecular weight is 257 g/mol. The number of rotatable bonds is 5. The molecule has 0 unspecified atom stereocenters. The maximum atomic E-state index is 13.2. The first-order valence-electron chi connectivity index (χ1n) is 6.83. The molecule has 0 amide bonds. The lowest BCUT2D eigenvalue weighted by Crippen LogP contribution is -2.05. The van der Waals surface area contributed by atoms with Crippen molar-refractivity contribution in [1.29, 1.82) is 0 Å². The highest BCUT2D eigenvalue weighted by atomic mass is 19.1. The molecular weight excluding hydrogens is 237 g/mol. The third kappa shape index (κ3) is 3.34. The fourth-order valence-electron chi connectivity index (χ4n) is 2.31. The van der Waals surface area contributed by atoms with E-state index in [0.29, 0.717) is 6.54 Å². The Hall–Kier alpha value is -1.83. The Morgan fingerprint density at radius 2 is 1.58 bits per heavy atom.